The monoisotopic (exact) mass is 359 g/mol. The summed E-state index contributed by atoms with van der Waals surface area (Å²) >= 11 is 0. The molecule has 0 radical (unpaired) electrons. The number of nitrogen functional groups attached to an aromatic ring is 1. The van der Waals surface area contributed by atoms with Crippen molar-refractivity contribution in [3.63, 3.8) is 0 Å². The Balaban J connectivity index is 1.55. The first-order chi connectivity index (χ1) is 13.1. The van der Waals surface area contributed by atoms with Crippen LogP contribution in [0.1, 0.15) is 30.9 Å². The Hall–Kier alpha value is -3.48. The number of nitrogens with one attached hydrogen (secondary N) is 1. The fourth-order valence-electron chi connectivity index (χ4n) is 2.94. The quantitative estimate of drug-likeness (QED) is 0.566. The average Bonchev–Trinajstić information content (AvgIpc) is 3.11. The third-order valence-electron chi connectivity index (χ3n) is 4.40. The molecule has 136 valence electrons. The highest BCUT2D eigenvalue weighted by atomic mass is 15.4. The Labute approximate surface area is 157 Å². The molecular weight excluding hydrogens is 338 g/mol. The molecule has 0 fully saturated rings. The van der Waals surface area contributed by atoms with Gasteiger partial charge in [0, 0.05) is 23.9 Å². The van der Waals surface area contributed by atoms with Crippen LogP contribution in [0.4, 0.5) is 11.9 Å². The molecule has 0 aliphatic carbocycles. The summed E-state index contributed by atoms with van der Waals surface area (Å²) in [5, 5.41) is 7.72. The van der Waals surface area contributed by atoms with Gasteiger partial charge in [-0.3, -0.25) is 4.98 Å². The second-order valence-electron chi connectivity index (χ2n) is 6.66. The van der Waals surface area contributed by atoms with Crippen molar-refractivity contribution in [3.05, 3.63) is 66.0 Å². The number of aromatic nitrogens is 5. The van der Waals surface area contributed by atoms with E-state index in [1.165, 1.54) is 0 Å². The molecule has 0 amide bonds. The van der Waals surface area contributed by atoms with Gasteiger partial charge in [-0.1, -0.05) is 44.2 Å². The molecule has 3 N–H and O–H groups in total. The number of hydrogen-bond donors (Lipinski definition) is 2. The summed E-state index contributed by atoms with van der Waals surface area (Å²) in [5.41, 5.74) is 10.8. The van der Waals surface area contributed by atoms with E-state index in [0.29, 0.717) is 18.4 Å². The van der Waals surface area contributed by atoms with E-state index in [0.717, 1.165) is 28.0 Å². The van der Waals surface area contributed by atoms with Gasteiger partial charge >= 0.3 is 0 Å². The molecule has 1 aromatic carbocycles. The number of rotatable bonds is 5. The van der Waals surface area contributed by atoms with E-state index < -0.39 is 0 Å². The SMILES string of the molecule is CC(C)c1cnn2c(NCc3ccc(-c4ccccn4)cc3)nc(N)nc12. The highest BCUT2D eigenvalue weighted by Gasteiger charge is 2.14. The lowest BCUT2D eigenvalue weighted by molar-refractivity contribution is 0.867. The average molecular weight is 359 g/mol. The molecule has 0 aliphatic rings. The highest BCUT2D eigenvalue weighted by Crippen LogP contribution is 2.22. The maximum Gasteiger partial charge on any atom is 0.229 e. The summed E-state index contributed by atoms with van der Waals surface area (Å²) in [6.07, 6.45) is 3.62. The van der Waals surface area contributed by atoms with E-state index in [9.17, 15) is 0 Å². The van der Waals surface area contributed by atoms with E-state index in [-0.39, 0.29) is 5.95 Å². The van der Waals surface area contributed by atoms with Gasteiger partial charge in [0.05, 0.1) is 11.9 Å². The first-order valence-corrected chi connectivity index (χ1v) is 8.87. The zero-order valence-corrected chi connectivity index (χ0v) is 15.3. The van der Waals surface area contributed by atoms with E-state index in [4.69, 9.17) is 5.73 Å². The molecule has 0 spiro atoms. The zero-order valence-electron chi connectivity index (χ0n) is 15.3. The molecule has 0 saturated carbocycles. The zero-order chi connectivity index (χ0) is 18.8. The standard InChI is InChI=1S/C20H21N7/c1-13(2)16-12-24-27-18(16)25-19(21)26-20(27)23-11-14-6-8-15(9-7-14)17-5-3-4-10-22-17/h3-10,12-13H,11H2,1-2H3,(H3,21,23,25,26). The summed E-state index contributed by atoms with van der Waals surface area (Å²) < 4.78 is 1.70. The second kappa shape index (κ2) is 7.03. The van der Waals surface area contributed by atoms with Crippen molar-refractivity contribution in [3.8, 4) is 11.3 Å². The van der Waals surface area contributed by atoms with Gasteiger partial charge in [0.2, 0.25) is 11.9 Å². The van der Waals surface area contributed by atoms with Gasteiger partial charge in [-0.25, -0.2) is 0 Å². The summed E-state index contributed by atoms with van der Waals surface area (Å²) in [6, 6.07) is 14.2. The molecule has 3 aromatic heterocycles. The predicted molar refractivity (Wildman–Crippen MR) is 106 cm³/mol. The molecule has 4 rings (SSSR count). The molecule has 4 aromatic rings. The van der Waals surface area contributed by atoms with Crippen LogP contribution in [0, 0.1) is 0 Å². The third-order valence-corrected chi connectivity index (χ3v) is 4.40. The van der Waals surface area contributed by atoms with Crippen LogP contribution in [0.3, 0.4) is 0 Å². The smallest absolute Gasteiger partial charge is 0.229 e. The number of nitrogens with two attached hydrogens (primary N) is 1. The molecule has 27 heavy (non-hydrogen) atoms. The number of anilines is 2. The summed E-state index contributed by atoms with van der Waals surface area (Å²) in [4.78, 5) is 13.0. The van der Waals surface area contributed by atoms with Crippen LogP contribution < -0.4 is 11.1 Å². The van der Waals surface area contributed by atoms with Crippen LogP contribution in [0.2, 0.25) is 0 Å². The molecule has 7 nitrogen and oxygen atoms in total. The van der Waals surface area contributed by atoms with Crippen LogP contribution in [-0.2, 0) is 6.54 Å². The molecule has 0 bridgehead atoms. The first-order valence-electron chi connectivity index (χ1n) is 8.87. The number of nitrogens with zero attached hydrogens (tertiary/aromatic N) is 5. The third kappa shape index (κ3) is 3.44. The van der Waals surface area contributed by atoms with Crippen molar-refractivity contribution >= 4 is 17.5 Å². The van der Waals surface area contributed by atoms with Crippen molar-refractivity contribution in [2.45, 2.75) is 26.3 Å². The van der Waals surface area contributed by atoms with Crippen molar-refractivity contribution in [2.24, 2.45) is 0 Å². The van der Waals surface area contributed by atoms with Crippen LogP contribution in [-0.4, -0.2) is 24.6 Å². The van der Waals surface area contributed by atoms with Crippen LogP contribution >= 0.6 is 0 Å². The van der Waals surface area contributed by atoms with Gasteiger partial charge in [-0.15, -0.1) is 0 Å². The number of benzene rings is 1. The topological polar surface area (TPSA) is 94.0 Å². The van der Waals surface area contributed by atoms with Crippen molar-refractivity contribution in [1.82, 2.24) is 24.6 Å². The molecule has 0 aliphatic heterocycles. The molecule has 3 heterocycles. The largest absolute Gasteiger partial charge is 0.368 e. The molecule has 7 heteroatoms. The van der Waals surface area contributed by atoms with Gasteiger partial charge in [-0.05, 0) is 23.6 Å². The Morgan fingerprint density at radius 2 is 1.89 bits per heavy atom. The van der Waals surface area contributed by atoms with Gasteiger partial charge in [0.1, 0.15) is 0 Å². The van der Waals surface area contributed by atoms with Crippen molar-refractivity contribution < 1.29 is 0 Å². The Kier molecular flexibility index (Phi) is 4.42. The van der Waals surface area contributed by atoms with Gasteiger partial charge in [0.25, 0.3) is 0 Å². The van der Waals surface area contributed by atoms with Crippen LogP contribution in [0.15, 0.2) is 54.9 Å². The Morgan fingerprint density at radius 1 is 1.07 bits per heavy atom. The lowest BCUT2D eigenvalue weighted by Crippen LogP contribution is -2.11. The summed E-state index contributed by atoms with van der Waals surface area (Å²) in [6.45, 7) is 4.81. The van der Waals surface area contributed by atoms with Crippen molar-refractivity contribution in [1.29, 1.82) is 0 Å². The lowest BCUT2D eigenvalue weighted by Gasteiger charge is -2.09. The number of pyridine rings is 1. The molecule has 0 saturated heterocycles. The number of hydrogen-bond acceptors (Lipinski definition) is 6. The van der Waals surface area contributed by atoms with E-state index in [1.54, 1.807) is 10.7 Å². The fraction of sp³-hybridized carbons (Fsp3) is 0.200. The van der Waals surface area contributed by atoms with Gasteiger partial charge in [-0.2, -0.15) is 19.6 Å². The normalized spacial score (nSPS) is 11.2. The maximum absolute atomic E-state index is 5.90. The van der Waals surface area contributed by atoms with Gasteiger partial charge in [0.15, 0.2) is 5.65 Å². The second-order valence-corrected chi connectivity index (χ2v) is 6.66. The van der Waals surface area contributed by atoms with E-state index in [2.05, 4.69) is 63.5 Å². The molecular formula is C20H21N7. The summed E-state index contributed by atoms with van der Waals surface area (Å²) in [5.74, 6) is 1.12. The minimum Gasteiger partial charge on any atom is -0.368 e. The highest BCUT2D eigenvalue weighted by molar-refractivity contribution is 5.59. The molecule has 0 atom stereocenters. The van der Waals surface area contributed by atoms with Gasteiger partial charge < -0.3 is 11.1 Å². The fourth-order valence-corrected chi connectivity index (χ4v) is 2.94. The lowest BCUT2D eigenvalue weighted by atomic mass is 10.1. The summed E-state index contributed by atoms with van der Waals surface area (Å²) in [7, 11) is 0. The minimum absolute atomic E-state index is 0.234. The van der Waals surface area contributed by atoms with Crippen molar-refractivity contribution in [2.75, 3.05) is 11.1 Å². The van der Waals surface area contributed by atoms with E-state index in [1.807, 2.05) is 24.4 Å². The van der Waals surface area contributed by atoms with E-state index >= 15 is 0 Å². The first kappa shape index (κ1) is 17.0. The van der Waals surface area contributed by atoms with Crippen LogP contribution in [0.25, 0.3) is 16.9 Å². The maximum atomic E-state index is 5.90. The Bertz CT molecular complexity index is 1050. The molecule has 0 unspecified atom stereocenters. The Morgan fingerprint density at radius 3 is 2.59 bits per heavy atom. The number of fused-ring (bicyclic) bond motifs is 1. The predicted octanol–water partition coefficient (Wildman–Crippen LogP) is 3.50. The minimum atomic E-state index is 0.234. The van der Waals surface area contributed by atoms with Crippen LogP contribution in [0.5, 0.6) is 0 Å².